The SMILES string of the molecule is c1ccc(-c2cc(-c3ccccc3)cc(-c3ccc(N(c4ccc(-c5ccc6oc7ccccc7c6c5)cc4)c4ccc(-c5cccc6ccccc56)cc4)cc3)c2)cc1. The van der Waals surface area contributed by atoms with Gasteiger partial charge in [-0.05, 0) is 139 Å². The van der Waals surface area contributed by atoms with Crippen molar-refractivity contribution in [3.63, 3.8) is 0 Å². The minimum absolute atomic E-state index is 0.904. The van der Waals surface area contributed by atoms with Gasteiger partial charge >= 0.3 is 0 Å². The maximum atomic E-state index is 6.13. The first-order chi connectivity index (χ1) is 29.7. The molecule has 11 aromatic rings. The van der Waals surface area contributed by atoms with Crippen molar-refractivity contribution in [2.75, 3.05) is 4.90 Å². The summed E-state index contributed by atoms with van der Waals surface area (Å²) in [5, 5.41) is 4.76. The largest absolute Gasteiger partial charge is 0.456 e. The third-order valence-electron chi connectivity index (χ3n) is 11.7. The number of furan rings is 1. The second-order valence-corrected chi connectivity index (χ2v) is 15.3. The van der Waals surface area contributed by atoms with E-state index < -0.39 is 0 Å². The van der Waals surface area contributed by atoms with Gasteiger partial charge in [0.2, 0.25) is 0 Å². The zero-order valence-electron chi connectivity index (χ0n) is 32.9. The lowest BCUT2D eigenvalue weighted by atomic mass is 9.93. The van der Waals surface area contributed by atoms with E-state index in [1.165, 1.54) is 49.7 Å². The van der Waals surface area contributed by atoms with Crippen LogP contribution in [0, 0.1) is 0 Å². The molecule has 11 rings (SSSR count). The standard InChI is InChI=1S/C58H39NO/c1-3-12-40(13-4-1)47-36-48(41-14-5-2-6-15-41)38-49(37-47)43-24-31-51(32-25-43)59(52-33-26-45(27-34-52)54-20-11-17-44-16-7-8-18-53(44)54)50-29-22-42(23-30-50)46-28-35-58-56(39-46)55-19-9-10-21-57(55)60-58/h1-39H. The highest BCUT2D eigenvalue weighted by Crippen LogP contribution is 2.40. The van der Waals surface area contributed by atoms with E-state index in [0.29, 0.717) is 0 Å². The summed E-state index contributed by atoms with van der Waals surface area (Å²) in [6.45, 7) is 0. The minimum atomic E-state index is 0.904. The van der Waals surface area contributed by atoms with Crippen LogP contribution in [0.2, 0.25) is 0 Å². The van der Waals surface area contributed by atoms with Crippen LogP contribution >= 0.6 is 0 Å². The summed E-state index contributed by atoms with van der Waals surface area (Å²) in [5.74, 6) is 0. The molecule has 1 aromatic heterocycles. The van der Waals surface area contributed by atoms with E-state index in [-0.39, 0.29) is 0 Å². The average Bonchev–Trinajstić information content (AvgIpc) is 3.71. The van der Waals surface area contributed by atoms with E-state index in [1.807, 2.05) is 12.1 Å². The van der Waals surface area contributed by atoms with Gasteiger partial charge in [-0.15, -0.1) is 0 Å². The molecule has 1 heterocycles. The van der Waals surface area contributed by atoms with Crippen LogP contribution in [0.25, 0.3) is 88.3 Å². The highest BCUT2D eigenvalue weighted by atomic mass is 16.3. The van der Waals surface area contributed by atoms with Crippen molar-refractivity contribution >= 4 is 49.8 Å². The van der Waals surface area contributed by atoms with Gasteiger partial charge in [0.05, 0.1) is 0 Å². The first kappa shape index (κ1) is 35.2. The van der Waals surface area contributed by atoms with Gasteiger partial charge in [0, 0.05) is 27.8 Å². The van der Waals surface area contributed by atoms with Crippen molar-refractivity contribution < 1.29 is 4.42 Å². The maximum absolute atomic E-state index is 6.13. The van der Waals surface area contributed by atoms with Crippen molar-refractivity contribution in [1.29, 1.82) is 0 Å². The molecule has 0 fully saturated rings. The highest BCUT2D eigenvalue weighted by Gasteiger charge is 2.16. The predicted octanol–water partition coefficient (Wildman–Crippen LogP) is 16.5. The van der Waals surface area contributed by atoms with Crippen molar-refractivity contribution in [3.8, 4) is 55.6 Å². The van der Waals surface area contributed by atoms with Crippen molar-refractivity contribution in [2.45, 2.75) is 0 Å². The number of hydrogen-bond donors (Lipinski definition) is 0. The Bertz CT molecular complexity index is 3210. The fraction of sp³-hybridized carbons (Fsp3) is 0. The zero-order chi connectivity index (χ0) is 39.8. The van der Waals surface area contributed by atoms with E-state index in [0.717, 1.165) is 55.7 Å². The lowest BCUT2D eigenvalue weighted by Crippen LogP contribution is -2.09. The molecule has 0 unspecified atom stereocenters. The van der Waals surface area contributed by atoms with Gasteiger partial charge in [0.25, 0.3) is 0 Å². The Labute approximate surface area is 349 Å². The molecule has 0 bridgehead atoms. The summed E-state index contributed by atoms with van der Waals surface area (Å²) in [5.41, 5.74) is 16.9. The Balaban J connectivity index is 0.987. The topological polar surface area (TPSA) is 16.4 Å². The van der Waals surface area contributed by atoms with Gasteiger partial charge in [0.1, 0.15) is 11.2 Å². The molecule has 282 valence electrons. The molecule has 0 radical (unpaired) electrons. The van der Waals surface area contributed by atoms with Crippen molar-refractivity contribution in [1.82, 2.24) is 0 Å². The maximum Gasteiger partial charge on any atom is 0.135 e. The number of anilines is 3. The fourth-order valence-corrected chi connectivity index (χ4v) is 8.61. The molecule has 0 spiro atoms. The summed E-state index contributed by atoms with van der Waals surface area (Å²) < 4.78 is 6.13. The number of nitrogens with zero attached hydrogens (tertiary/aromatic N) is 1. The molecule has 0 saturated heterocycles. The van der Waals surface area contributed by atoms with Crippen LogP contribution in [0.1, 0.15) is 0 Å². The van der Waals surface area contributed by atoms with Gasteiger partial charge < -0.3 is 9.32 Å². The summed E-state index contributed by atoms with van der Waals surface area (Å²) >= 11 is 0. The minimum Gasteiger partial charge on any atom is -0.456 e. The summed E-state index contributed by atoms with van der Waals surface area (Å²) in [6, 6.07) is 85.0. The van der Waals surface area contributed by atoms with Gasteiger partial charge in [-0.3, -0.25) is 0 Å². The van der Waals surface area contributed by atoms with Crippen molar-refractivity contribution in [2.24, 2.45) is 0 Å². The second-order valence-electron chi connectivity index (χ2n) is 15.3. The van der Waals surface area contributed by atoms with E-state index in [9.17, 15) is 0 Å². The van der Waals surface area contributed by atoms with Crippen LogP contribution in [0.3, 0.4) is 0 Å². The van der Waals surface area contributed by atoms with Crippen LogP contribution in [0.4, 0.5) is 17.1 Å². The number of benzene rings is 10. The van der Waals surface area contributed by atoms with Crippen LogP contribution < -0.4 is 4.90 Å². The Morgan fingerprint density at radius 2 is 0.683 bits per heavy atom. The molecule has 0 aliphatic rings. The Morgan fingerprint density at radius 3 is 1.28 bits per heavy atom. The molecule has 0 aliphatic carbocycles. The Morgan fingerprint density at radius 1 is 0.250 bits per heavy atom. The summed E-state index contributed by atoms with van der Waals surface area (Å²) in [6.07, 6.45) is 0. The van der Waals surface area contributed by atoms with Crippen LogP contribution in [0.5, 0.6) is 0 Å². The van der Waals surface area contributed by atoms with Gasteiger partial charge in [0.15, 0.2) is 0 Å². The third kappa shape index (κ3) is 6.61. The molecule has 0 atom stereocenters. The molecule has 2 nitrogen and oxygen atoms in total. The van der Waals surface area contributed by atoms with E-state index in [4.69, 9.17) is 4.42 Å². The normalized spacial score (nSPS) is 11.3. The summed E-state index contributed by atoms with van der Waals surface area (Å²) in [7, 11) is 0. The van der Waals surface area contributed by atoms with Crippen LogP contribution in [-0.4, -0.2) is 0 Å². The predicted molar refractivity (Wildman–Crippen MR) is 253 cm³/mol. The van der Waals surface area contributed by atoms with E-state index in [2.05, 4.69) is 229 Å². The molecule has 10 aromatic carbocycles. The first-order valence-electron chi connectivity index (χ1n) is 20.5. The summed E-state index contributed by atoms with van der Waals surface area (Å²) in [4.78, 5) is 2.35. The molecule has 0 amide bonds. The molecule has 60 heavy (non-hydrogen) atoms. The van der Waals surface area contributed by atoms with E-state index in [1.54, 1.807) is 0 Å². The Kier molecular flexibility index (Phi) is 8.87. The number of hydrogen-bond acceptors (Lipinski definition) is 2. The fourth-order valence-electron chi connectivity index (χ4n) is 8.61. The molecule has 0 N–H and O–H groups in total. The molecule has 0 aliphatic heterocycles. The molecule has 0 saturated carbocycles. The average molecular weight is 766 g/mol. The van der Waals surface area contributed by atoms with Gasteiger partial charge in [-0.1, -0.05) is 164 Å². The number of para-hydroxylation sites is 1. The number of rotatable bonds is 8. The van der Waals surface area contributed by atoms with Gasteiger partial charge in [-0.2, -0.15) is 0 Å². The highest BCUT2D eigenvalue weighted by molar-refractivity contribution is 6.06. The first-order valence-corrected chi connectivity index (χ1v) is 20.5. The molecular formula is C58H39NO. The lowest BCUT2D eigenvalue weighted by molar-refractivity contribution is 0.669. The van der Waals surface area contributed by atoms with Crippen molar-refractivity contribution in [3.05, 3.63) is 237 Å². The van der Waals surface area contributed by atoms with Crippen LogP contribution in [0.15, 0.2) is 241 Å². The van der Waals surface area contributed by atoms with E-state index >= 15 is 0 Å². The molecular weight excluding hydrogens is 727 g/mol. The second kappa shape index (κ2) is 15.1. The Hall–Kier alpha value is -7.94. The number of fused-ring (bicyclic) bond motifs is 4. The monoisotopic (exact) mass is 765 g/mol. The van der Waals surface area contributed by atoms with Gasteiger partial charge in [-0.25, -0.2) is 0 Å². The quantitative estimate of drug-likeness (QED) is 0.153. The third-order valence-corrected chi connectivity index (χ3v) is 11.7. The smallest absolute Gasteiger partial charge is 0.135 e. The van der Waals surface area contributed by atoms with Crippen LogP contribution in [-0.2, 0) is 0 Å². The zero-order valence-corrected chi connectivity index (χ0v) is 32.9. The lowest BCUT2D eigenvalue weighted by Gasteiger charge is -2.26. The molecule has 2 heteroatoms.